The molecular weight excluding hydrogens is 711 g/mol. The third kappa shape index (κ3) is 6.97. The molecule has 6 aromatic rings. The minimum atomic E-state index is -3.68. The van der Waals surface area contributed by atoms with Crippen molar-refractivity contribution >= 4 is 55.6 Å². The summed E-state index contributed by atoms with van der Waals surface area (Å²) < 4.78 is 35.7. The number of benzene rings is 6. The molecule has 7 rings (SSSR count). The van der Waals surface area contributed by atoms with Crippen LogP contribution in [0, 0.1) is 0 Å². The van der Waals surface area contributed by atoms with E-state index >= 15 is 0 Å². The van der Waals surface area contributed by atoms with E-state index < -0.39 is 34.4 Å². The van der Waals surface area contributed by atoms with Crippen molar-refractivity contribution < 1.29 is 28.1 Å². The van der Waals surface area contributed by atoms with Crippen LogP contribution in [-0.4, -0.2) is 26.2 Å². The van der Waals surface area contributed by atoms with Gasteiger partial charge in [0.2, 0.25) is 0 Å². The number of nitrogens with one attached hydrogen (secondary N) is 1. The number of nitrogens with zero attached hydrogens (tertiary/aromatic N) is 2. The van der Waals surface area contributed by atoms with Crippen molar-refractivity contribution in [2.24, 2.45) is 9.03 Å². The van der Waals surface area contributed by atoms with E-state index in [4.69, 9.17) is 27.6 Å². The fraction of sp³-hybridized carbons (Fsp3) is 0.0500. The molecule has 0 saturated carbocycles. The Balaban J connectivity index is 1.57. The second kappa shape index (κ2) is 15.1. The van der Waals surface area contributed by atoms with Gasteiger partial charge in [0.1, 0.15) is 29.3 Å². The molecule has 0 saturated heterocycles. The fourth-order valence-electron chi connectivity index (χ4n) is 5.81. The van der Waals surface area contributed by atoms with Gasteiger partial charge in [0, 0.05) is 10.6 Å². The molecule has 0 radical (unpaired) electrons. The molecule has 12 heteroatoms. The average Bonchev–Trinajstić information content (AvgIpc) is 3.22. The molecule has 0 atom stereocenters. The van der Waals surface area contributed by atoms with E-state index in [0.29, 0.717) is 22.6 Å². The number of methoxy groups -OCH3 is 2. The van der Waals surface area contributed by atoms with Gasteiger partial charge in [-0.1, -0.05) is 102 Å². The molecule has 1 aliphatic rings. The smallest absolute Gasteiger partial charge is 0.438 e. The summed E-state index contributed by atoms with van der Waals surface area (Å²) >= 11 is 0. The molecule has 52 heavy (non-hydrogen) atoms. The van der Waals surface area contributed by atoms with Crippen LogP contribution in [0.3, 0.4) is 0 Å². The molecule has 0 unspecified atom stereocenters. The summed E-state index contributed by atoms with van der Waals surface area (Å²) in [6.45, 7) is 0. The highest BCUT2D eigenvalue weighted by Crippen LogP contribution is 2.78. The molecule has 0 amide bonds. The fourth-order valence-corrected chi connectivity index (χ4v) is 19.5. The number of carbonyl (C=O) groups is 2. The SMILES string of the molecule is COC(=O)c1ccc(OP2(Oc3ccc(C(=O)OC)cc3)=N[P+](c3ccccc3)(c3ccccc3)N=P(c3ccccc3)(c3ccccc3)N2)cc1. The Labute approximate surface area is 303 Å². The Bertz CT molecular complexity index is 2140. The predicted octanol–water partition coefficient (Wildman–Crippen LogP) is 8.53. The van der Waals surface area contributed by atoms with E-state index in [1.54, 1.807) is 48.5 Å². The van der Waals surface area contributed by atoms with E-state index in [1.807, 2.05) is 72.8 Å². The van der Waals surface area contributed by atoms with Gasteiger partial charge >= 0.3 is 27.2 Å². The molecule has 1 heterocycles. The van der Waals surface area contributed by atoms with Crippen molar-refractivity contribution in [3.05, 3.63) is 181 Å². The van der Waals surface area contributed by atoms with Crippen molar-refractivity contribution in [2.75, 3.05) is 14.2 Å². The summed E-state index contributed by atoms with van der Waals surface area (Å²) in [6.07, 6.45) is 0. The number of hydrogen-bond acceptors (Lipinski definition) is 9. The van der Waals surface area contributed by atoms with Crippen molar-refractivity contribution in [3.8, 4) is 11.5 Å². The van der Waals surface area contributed by atoms with Crippen molar-refractivity contribution in [2.45, 2.75) is 0 Å². The Kier molecular flexibility index (Phi) is 10.2. The van der Waals surface area contributed by atoms with Crippen LogP contribution in [0.25, 0.3) is 0 Å². The van der Waals surface area contributed by atoms with Gasteiger partial charge in [-0.3, -0.25) is 0 Å². The molecule has 0 bridgehead atoms. The number of rotatable bonds is 10. The average molecular weight is 747 g/mol. The topological polar surface area (TPSA) is 108 Å². The van der Waals surface area contributed by atoms with Crippen LogP contribution in [0.4, 0.5) is 0 Å². The summed E-state index contributed by atoms with van der Waals surface area (Å²) in [5, 5.41) is 3.78. The van der Waals surface area contributed by atoms with E-state index in [2.05, 4.69) is 53.4 Å². The predicted molar refractivity (Wildman–Crippen MR) is 210 cm³/mol. The molecule has 0 aliphatic carbocycles. The maximum Gasteiger partial charge on any atom is 0.438 e. The maximum atomic E-state index is 12.4. The van der Waals surface area contributed by atoms with Crippen LogP contribution in [0.2, 0.25) is 0 Å². The Morgan fingerprint density at radius 3 is 1.23 bits per heavy atom. The zero-order chi connectivity index (χ0) is 36.0. The Hall–Kier alpha value is -5.29. The lowest BCUT2D eigenvalue weighted by Gasteiger charge is -2.37. The number of carbonyl (C=O) groups excluding carboxylic acids is 2. The first-order chi connectivity index (χ1) is 25.4. The first-order valence-electron chi connectivity index (χ1n) is 16.3. The van der Waals surface area contributed by atoms with Crippen molar-refractivity contribution in [1.29, 1.82) is 0 Å². The van der Waals surface area contributed by atoms with E-state index in [-0.39, 0.29) is 0 Å². The highest BCUT2D eigenvalue weighted by Gasteiger charge is 2.57. The largest absolute Gasteiger partial charge is 0.465 e. The summed E-state index contributed by atoms with van der Waals surface area (Å²) in [5.41, 5.74) is 0.742. The van der Waals surface area contributed by atoms with Crippen LogP contribution in [0.15, 0.2) is 179 Å². The third-order valence-electron chi connectivity index (χ3n) is 8.28. The quantitative estimate of drug-likeness (QED) is 0.111. The standard InChI is InChI=1S/C40H35N3O6P3/c1-46-39(44)31-23-27-33(28-24-31)48-52(49-34-29-25-32(26-30-34)40(45)47-2)42-50(35-15-7-3-8-16-35,36-17-9-4-10-18-36)41-51(43-52,37-19-11-5-12-20-37)38-21-13-6-14-22-38/h3-30,42H,1-2H3/q+1. The van der Waals surface area contributed by atoms with Gasteiger partial charge in [0.15, 0.2) is 0 Å². The van der Waals surface area contributed by atoms with E-state index in [1.165, 1.54) is 14.2 Å². The molecule has 1 aliphatic heterocycles. The van der Waals surface area contributed by atoms with Crippen LogP contribution < -0.4 is 35.1 Å². The normalized spacial score (nSPS) is 15.2. The molecule has 6 aromatic carbocycles. The van der Waals surface area contributed by atoms with Gasteiger partial charge in [-0.25, -0.2) is 9.59 Å². The molecule has 260 valence electrons. The van der Waals surface area contributed by atoms with Crippen molar-refractivity contribution in [1.82, 2.24) is 4.86 Å². The van der Waals surface area contributed by atoms with Crippen LogP contribution in [0.5, 0.6) is 11.5 Å². The third-order valence-corrected chi connectivity index (χ3v) is 19.6. The summed E-state index contributed by atoms with van der Waals surface area (Å²) in [5.74, 6) is -0.0884. The number of hydrogen-bond donors (Lipinski definition) is 1. The van der Waals surface area contributed by atoms with Gasteiger partial charge in [-0.2, -0.15) is 4.86 Å². The highest BCUT2D eigenvalue weighted by molar-refractivity contribution is 8.00. The zero-order valence-corrected chi connectivity index (χ0v) is 31.0. The van der Waals surface area contributed by atoms with Gasteiger partial charge in [0.05, 0.1) is 25.3 Å². The van der Waals surface area contributed by atoms with E-state index in [0.717, 1.165) is 21.2 Å². The molecule has 9 nitrogen and oxygen atoms in total. The molecule has 0 spiro atoms. The monoisotopic (exact) mass is 746 g/mol. The highest BCUT2D eigenvalue weighted by atomic mass is 31.3. The first kappa shape index (κ1) is 35.1. The van der Waals surface area contributed by atoms with Crippen LogP contribution in [0.1, 0.15) is 20.7 Å². The number of esters is 2. The van der Waals surface area contributed by atoms with Crippen LogP contribution >= 0.6 is 22.4 Å². The van der Waals surface area contributed by atoms with Gasteiger partial charge in [0.25, 0.3) is 0 Å². The Morgan fingerprint density at radius 1 is 0.500 bits per heavy atom. The molecule has 0 aromatic heterocycles. The van der Waals surface area contributed by atoms with Gasteiger partial charge in [-0.05, 0) is 77.3 Å². The lowest BCUT2D eigenvalue weighted by atomic mass is 10.2. The lowest BCUT2D eigenvalue weighted by Crippen LogP contribution is -2.34. The van der Waals surface area contributed by atoms with Crippen LogP contribution in [-0.2, 0) is 9.47 Å². The zero-order valence-electron chi connectivity index (χ0n) is 28.4. The maximum absolute atomic E-state index is 12.4. The lowest BCUT2D eigenvalue weighted by molar-refractivity contribution is 0.0592. The minimum absolute atomic E-state index is 0.371. The second-order valence-corrected chi connectivity index (χ2v) is 19.8. The van der Waals surface area contributed by atoms with E-state index in [9.17, 15) is 9.59 Å². The van der Waals surface area contributed by atoms with Gasteiger partial charge < -0.3 is 18.5 Å². The second-order valence-electron chi connectivity index (χ2n) is 11.6. The summed E-state index contributed by atoms with van der Waals surface area (Å²) in [4.78, 5) is 28.6. The number of ether oxygens (including phenoxy) is 2. The molecular formula is C40H35N3O6P3+. The van der Waals surface area contributed by atoms with Gasteiger partial charge in [-0.15, -0.1) is 0 Å². The Morgan fingerprint density at radius 2 is 0.865 bits per heavy atom. The van der Waals surface area contributed by atoms with Crippen molar-refractivity contribution in [3.63, 3.8) is 0 Å². The molecule has 1 N–H and O–H groups in total. The summed E-state index contributed by atoms with van der Waals surface area (Å²) in [7, 11) is -7.14. The molecule has 0 fully saturated rings. The summed E-state index contributed by atoms with van der Waals surface area (Å²) in [6, 6.07) is 53.9. The minimum Gasteiger partial charge on any atom is -0.465 e. The first-order valence-corrected chi connectivity index (χ1v) is 21.3.